The van der Waals surface area contributed by atoms with Crippen LogP contribution in [0.2, 0.25) is 0 Å². The highest BCUT2D eigenvalue weighted by Gasteiger charge is 2.07. The largest absolute Gasteiger partial charge is 0.370 e. The number of ether oxygens (including phenoxy) is 1. The van der Waals surface area contributed by atoms with Crippen LogP contribution in [0.5, 0.6) is 0 Å². The average Bonchev–Trinajstić information content (AvgIpc) is 2.29. The van der Waals surface area contributed by atoms with E-state index in [0.717, 1.165) is 0 Å². The van der Waals surface area contributed by atoms with Gasteiger partial charge in [-0.1, -0.05) is 37.3 Å². The van der Waals surface area contributed by atoms with Crippen LogP contribution in [-0.4, -0.2) is 25.2 Å². The number of benzene rings is 1. The van der Waals surface area contributed by atoms with Gasteiger partial charge >= 0.3 is 0 Å². The Morgan fingerprint density at radius 2 is 2.07 bits per heavy atom. The van der Waals surface area contributed by atoms with E-state index in [1.165, 1.54) is 0 Å². The molecule has 1 unspecified atom stereocenters. The van der Waals surface area contributed by atoms with Crippen molar-refractivity contribution in [2.75, 3.05) is 13.2 Å². The highest BCUT2D eigenvalue weighted by molar-refractivity contribution is 5.96. The number of rotatable bonds is 6. The van der Waals surface area contributed by atoms with Gasteiger partial charge in [0.1, 0.15) is 12.8 Å². The van der Waals surface area contributed by atoms with Crippen molar-refractivity contribution in [1.29, 1.82) is 0 Å². The Kier molecular flexibility index (Phi) is 4.98. The first kappa shape index (κ1) is 11.9. The van der Waals surface area contributed by atoms with E-state index in [0.29, 0.717) is 12.0 Å². The van der Waals surface area contributed by atoms with Gasteiger partial charge in [0.2, 0.25) is 0 Å². The standard InChI is InChI=1S/C12H15FO2/c1-2-11(13)8-15-9-12(14)10-6-4-3-5-7-10/h3-7,11H,2,8-9H2,1H3. The zero-order valence-corrected chi connectivity index (χ0v) is 8.78. The van der Waals surface area contributed by atoms with Gasteiger partial charge in [0.05, 0.1) is 6.61 Å². The summed E-state index contributed by atoms with van der Waals surface area (Å²) in [5, 5.41) is 0. The van der Waals surface area contributed by atoms with E-state index in [-0.39, 0.29) is 19.0 Å². The van der Waals surface area contributed by atoms with Crippen LogP contribution in [0.15, 0.2) is 30.3 Å². The fourth-order valence-corrected chi connectivity index (χ4v) is 1.10. The lowest BCUT2D eigenvalue weighted by atomic mass is 10.1. The Hall–Kier alpha value is -1.22. The molecule has 0 amide bonds. The summed E-state index contributed by atoms with van der Waals surface area (Å²) in [5.74, 6) is -0.112. The molecule has 2 nitrogen and oxygen atoms in total. The van der Waals surface area contributed by atoms with Crippen LogP contribution < -0.4 is 0 Å². The Morgan fingerprint density at radius 1 is 1.40 bits per heavy atom. The van der Waals surface area contributed by atoms with Crippen molar-refractivity contribution in [3.63, 3.8) is 0 Å². The summed E-state index contributed by atoms with van der Waals surface area (Å²) in [5.41, 5.74) is 0.601. The van der Waals surface area contributed by atoms with Crippen LogP contribution in [0.1, 0.15) is 23.7 Å². The molecule has 0 radical (unpaired) electrons. The second kappa shape index (κ2) is 6.30. The molecule has 0 N–H and O–H groups in total. The molecule has 0 saturated carbocycles. The van der Waals surface area contributed by atoms with E-state index in [4.69, 9.17) is 4.74 Å². The Balaban J connectivity index is 2.31. The number of alkyl halides is 1. The maximum Gasteiger partial charge on any atom is 0.188 e. The Labute approximate surface area is 89.1 Å². The summed E-state index contributed by atoms with van der Waals surface area (Å²) >= 11 is 0. The van der Waals surface area contributed by atoms with Crippen LogP contribution in [0.25, 0.3) is 0 Å². The zero-order valence-electron chi connectivity index (χ0n) is 8.78. The van der Waals surface area contributed by atoms with Crippen LogP contribution in [0.4, 0.5) is 4.39 Å². The van der Waals surface area contributed by atoms with Gasteiger partial charge in [0, 0.05) is 5.56 Å². The monoisotopic (exact) mass is 210 g/mol. The minimum absolute atomic E-state index is 0.00489. The molecule has 0 fully saturated rings. The van der Waals surface area contributed by atoms with Crippen LogP contribution in [0.3, 0.4) is 0 Å². The fourth-order valence-electron chi connectivity index (χ4n) is 1.10. The summed E-state index contributed by atoms with van der Waals surface area (Å²) in [6.07, 6.45) is -0.562. The third kappa shape index (κ3) is 4.21. The maximum absolute atomic E-state index is 12.7. The topological polar surface area (TPSA) is 26.3 Å². The Morgan fingerprint density at radius 3 is 2.67 bits per heavy atom. The van der Waals surface area contributed by atoms with Gasteiger partial charge in [-0.25, -0.2) is 4.39 Å². The van der Waals surface area contributed by atoms with Crippen LogP contribution in [-0.2, 0) is 4.74 Å². The van der Waals surface area contributed by atoms with Crippen LogP contribution in [0, 0.1) is 0 Å². The first-order valence-corrected chi connectivity index (χ1v) is 5.04. The van der Waals surface area contributed by atoms with Crippen molar-refractivity contribution < 1.29 is 13.9 Å². The second-order valence-corrected chi connectivity index (χ2v) is 3.31. The molecule has 1 aromatic carbocycles. The number of Topliss-reactive ketones (excluding diaryl/α,β-unsaturated/α-hetero) is 1. The van der Waals surface area contributed by atoms with Gasteiger partial charge in [-0.2, -0.15) is 0 Å². The van der Waals surface area contributed by atoms with Gasteiger partial charge in [0.15, 0.2) is 5.78 Å². The quantitative estimate of drug-likeness (QED) is 0.675. The summed E-state index contributed by atoms with van der Waals surface area (Å²) in [7, 11) is 0. The third-order valence-electron chi connectivity index (χ3n) is 2.07. The number of hydrogen-bond acceptors (Lipinski definition) is 2. The minimum atomic E-state index is -0.978. The van der Waals surface area contributed by atoms with E-state index in [1.807, 2.05) is 6.07 Å². The lowest BCUT2D eigenvalue weighted by molar-refractivity contribution is 0.0607. The maximum atomic E-state index is 12.7. The molecular weight excluding hydrogens is 195 g/mol. The van der Waals surface area contributed by atoms with Crippen molar-refractivity contribution in [2.45, 2.75) is 19.5 Å². The summed E-state index contributed by atoms with van der Waals surface area (Å²) in [4.78, 5) is 11.5. The first-order chi connectivity index (χ1) is 7.24. The van der Waals surface area contributed by atoms with Crippen molar-refractivity contribution in [3.05, 3.63) is 35.9 Å². The summed E-state index contributed by atoms with van der Waals surface area (Å²) < 4.78 is 17.7. The fraction of sp³-hybridized carbons (Fsp3) is 0.417. The van der Waals surface area contributed by atoms with Crippen molar-refractivity contribution >= 4 is 5.78 Å². The second-order valence-electron chi connectivity index (χ2n) is 3.31. The first-order valence-electron chi connectivity index (χ1n) is 5.04. The molecule has 0 aliphatic carbocycles. The number of hydrogen-bond donors (Lipinski definition) is 0. The molecule has 15 heavy (non-hydrogen) atoms. The van der Waals surface area contributed by atoms with E-state index in [2.05, 4.69) is 0 Å². The van der Waals surface area contributed by atoms with Gasteiger partial charge in [-0.3, -0.25) is 4.79 Å². The molecule has 82 valence electrons. The highest BCUT2D eigenvalue weighted by Crippen LogP contribution is 2.02. The Bertz CT molecular complexity index is 298. The number of carbonyl (C=O) groups is 1. The third-order valence-corrected chi connectivity index (χ3v) is 2.07. The van der Waals surface area contributed by atoms with E-state index < -0.39 is 6.17 Å². The molecule has 3 heteroatoms. The average molecular weight is 210 g/mol. The van der Waals surface area contributed by atoms with Crippen molar-refractivity contribution in [3.8, 4) is 0 Å². The van der Waals surface area contributed by atoms with Gasteiger partial charge in [-0.15, -0.1) is 0 Å². The smallest absolute Gasteiger partial charge is 0.188 e. The molecule has 0 bridgehead atoms. The molecule has 0 spiro atoms. The SMILES string of the molecule is CCC(F)COCC(=O)c1ccccc1. The molecule has 0 aliphatic heterocycles. The zero-order chi connectivity index (χ0) is 11.1. The number of ketones is 1. The lowest BCUT2D eigenvalue weighted by Gasteiger charge is -2.06. The molecule has 1 rings (SSSR count). The molecule has 0 heterocycles. The lowest BCUT2D eigenvalue weighted by Crippen LogP contribution is -2.15. The van der Waals surface area contributed by atoms with Crippen molar-refractivity contribution in [2.24, 2.45) is 0 Å². The van der Waals surface area contributed by atoms with Crippen LogP contribution >= 0.6 is 0 Å². The van der Waals surface area contributed by atoms with Gasteiger partial charge < -0.3 is 4.74 Å². The summed E-state index contributed by atoms with van der Waals surface area (Å²) in [6, 6.07) is 8.86. The number of halogens is 1. The molecule has 1 atom stereocenters. The molecule has 0 aliphatic rings. The number of carbonyl (C=O) groups excluding carboxylic acids is 1. The van der Waals surface area contributed by atoms with Gasteiger partial charge in [-0.05, 0) is 6.42 Å². The molecule has 0 saturated heterocycles. The molecule has 0 aromatic heterocycles. The minimum Gasteiger partial charge on any atom is -0.370 e. The van der Waals surface area contributed by atoms with E-state index in [1.54, 1.807) is 31.2 Å². The van der Waals surface area contributed by atoms with E-state index >= 15 is 0 Å². The normalized spacial score (nSPS) is 12.4. The predicted octanol–water partition coefficient (Wildman–Crippen LogP) is 2.63. The van der Waals surface area contributed by atoms with Gasteiger partial charge in [0.25, 0.3) is 0 Å². The van der Waals surface area contributed by atoms with Crippen molar-refractivity contribution in [1.82, 2.24) is 0 Å². The predicted molar refractivity (Wildman–Crippen MR) is 56.8 cm³/mol. The van der Waals surface area contributed by atoms with E-state index in [9.17, 15) is 9.18 Å². The summed E-state index contributed by atoms with van der Waals surface area (Å²) in [6.45, 7) is 1.69. The highest BCUT2D eigenvalue weighted by atomic mass is 19.1. The molecule has 1 aromatic rings. The molecular formula is C12H15FO2.